The van der Waals surface area contributed by atoms with Crippen molar-refractivity contribution in [3.8, 4) is 0 Å². The van der Waals surface area contributed by atoms with Gasteiger partial charge in [-0.25, -0.2) is 0 Å². The molecule has 0 radical (unpaired) electrons. The Morgan fingerprint density at radius 1 is 1.35 bits per heavy atom. The summed E-state index contributed by atoms with van der Waals surface area (Å²) >= 11 is 1.85. The number of nitrogens with two attached hydrogens (primary N) is 1. The van der Waals surface area contributed by atoms with E-state index in [2.05, 4.69) is 17.6 Å². The van der Waals surface area contributed by atoms with Gasteiger partial charge in [-0.3, -0.25) is 9.59 Å². The van der Waals surface area contributed by atoms with Gasteiger partial charge in [0.2, 0.25) is 11.8 Å². The first-order chi connectivity index (χ1) is 7.60. The summed E-state index contributed by atoms with van der Waals surface area (Å²) in [7, 11) is 0. The number of carbonyl (C=O) groups excluding carboxylic acids is 2. The summed E-state index contributed by atoms with van der Waals surface area (Å²) in [6.45, 7) is 3.98. The van der Waals surface area contributed by atoms with Crippen molar-refractivity contribution in [2.75, 3.05) is 24.6 Å². The van der Waals surface area contributed by atoms with Crippen LogP contribution in [0.15, 0.2) is 0 Å². The maximum Gasteiger partial charge on any atom is 0.239 e. The third kappa shape index (κ3) is 11.8. The Hall–Kier alpha value is -0.460. The van der Waals surface area contributed by atoms with Crippen LogP contribution >= 0.6 is 24.2 Å². The Bertz CT molecular complexity index is 230. The first-order valence-electron chi connectivity index (χ1n) is 5.44. The highest BCUT2D eigenvalue weighted by molar-refractivity contribution is 7.99. The van der Waals surface area contributed by atoms with Crippen LogP contribution in [0.2, 0.25) is 0 Å². The lowest BCUT2D eigenvalue weighted by molar-refractivity contribution is -0.125. The van der Waals surface area contributed by atoms with Crippen LogP contribution in [0, 0.1) is 0 Å². The van der Waals surface area contributed by atoms with Crippen molar-refractivity contribution >= 4 is 36.0 Å². The molecule has 0 aliphatic rings. The van der Waals surface area contributed by atoms with Gasteiger partial charge >= 0.3 is 0 Å². The predicted octanol–water partition coefficient (Wildman–Crippen LogP) is 0.131. The van der Waals surface area contributed by atoms with Crippen molar-refractivity contribution in [3.05, 3.63) is 0 Å². The molecule has 0 aromatic carbocycles. The third-order valence-electron chi connectivity index (χ3n) is 1.94. The predicted molar refractivity (Wildman–Crippen MR) is 74.5 cm³/mol. The molecule has 1 unspecified atom stereocenters. The maximum atomic E-state index is 11.3. The molecule has 0 aliphatic heterocycles. The molecule has 4 N–H and O–H groups in total. The largest absolute Gasteiger partial charge is 0.352 e. The van der Waals surface area contributed by atoms with Gasteiger partial charge in [0.25, 0.3) is 0 Å². The number of hydrogen-bond donors (Lipinski definition) is 3. The third-order valence-corrected chi connectivity index (χ3v) is 2.87. The summed E-state index contributed by atoms with van der Waals surface area (Å²) in [4.78, 5) is 22.1. The standard InChI is InChI=1S/C10H21N3O2S.ClH/c1-3-16-5-4-8(2)13-10(15)7-12-9(14)6-11;/h8H,3-7,11H2,1-2H3,(H,12,14)(H,13,15);1H. The van der Waals surface area contributed by atoms with E-state index in [1.54, 1.807) is 0 Å². The molecule has 0 aromatic rings. The summed E-state index contributed by atoms with van der Waals surface area (Å²) in [5, 5.41) is 5.23. The molecule has 0 heterocycles. The van der Waals surface area contributed by atoms with Crippen LogP contribution in [0.25, 0.3) is 0 Å². The van der Waals surface area contributed by atoms with Crippen LogP contribution in [-0.2, 0) is 9.59 Å². The molecule has 0 saturated carbocycles. The lowest BCUT2D eigenvalue weighted by Crippen LogP contribution is -2.42. The Morgan fingerprint density at radius 2 is 2.00 bits per heavy atom. The minimum absolute atomic E-state index is 0. The molecule has 7 heteroatoms. The van der Waals surface area contributed by atoms with Gasteiger partial charge in [-0.15, -0.1) is 12.4 Å². The molecule has 0 aromatic heterocycles. The number of halogens is 1. The van der Waals surface area contributed by atoms with Gasteiger partial charge in [0, 0.05) is 6.04 Å². The molecule has 0 spiro atoms. The van der Waals surface area contributed by atoms with E-state index in [-0.39, 0.29) is 43.4 Å². The van der Waals surface area contributed by atoms with Gasteiger partial charge in [0.15, 0.2) is 0 Å². The zero-order chi connectivity index (χ0) is 12.4. The monoisotopic (exact) mass is 283 g/mol. The number of amides is 2. The first kappa shape index (κ1) is 18.9. The highest BCUT2D eigenvalue weighted by Crippen LogP contribution is 2.03. The number of rotatable bonds is 8. The fourth-order valence-electron chi connectivity index (χ4n) is 1.05. The summed E-state index contributed by atoms with van der Waals surface area (Å²) in [5.41, 5.74) is 5.09. The summed E-state index contributed by atoms with van der Waals surface area (Å²) < 4.78 is 0. The van der Waals surface area contributed by atoms with E-state index in [4.69, 9.17) is 5.73 Å². The van der Waals surface area contributed by atoms with Gasteiger partial charge in [-0.05, 0) is 24.9 Å². The van der Waals surface area contributed by atoms with Crippen LogP contribution in [0.4, 0.5) is 0 Å². The molecule has 1 atom stereocenters. The lowest BCUT2D eigenvalue weighted by atomic mass is 10.2. The van der Waals surface area contributed by atoms with Crippen molar-refractivity contribution < 1.29 is 9.59 Å². The van der Waals surface area contributed by atoms with E-state index < -0.39 is 0 Å². The van der Waals surface area contributed by atoms with Gasteiger partial charge in [-0.1, -0.05) is 6.92 Å². The van der Waals surface area contributed by atoms with E-state index in [1.165, 1.54) is 0 Å². The molecule has 0 saturated heterocycles. The quantitative estimate of drug-likeness (QED) is 0.553. The molecule has 0 aliphatic carbocycles. The molecule has 0 fully saturated rings. The maximum absolute atomic E-state index is 11.3. The Labute approximate surface area is 113 Å². The van der Waals surface area contributed by atoms with Gasteiger partial charge in [0.1, 0.15) is 0 Å². The molecular formula is C10H22ClN3O2S. The van der Waals surface area contributed by atoms with E-state index >= 15 is 0 Å². The van der Waals surface area contributed by atoms with Crippen molar-refractivity contribution in [2.45, 2.75) is 26.3 Å². The highest BCUT2D eigenvalue weighted by atomic mass is 35.5. The lowest BCUT2D eigenvalue weighted by Gasteiger charge is -2.13. The van der Waals surface area contributed by atoms with E-state index in [0.29, 0.717) is 0 Å². The summed E-state index contributed by atoms with van der Waals surface area (Å²) in [6.07, 6.45) is 0.940. The van der Waals surface area contributed by atoms with Crippen LogP contribution in [0.3, 0.4) is 0 Å². The summed E-state index contributed by atoms with van der Waals surface area (Å²) in [5.74, 6) is 1.64. The Balaban J connectivity index is 0. The van der Waals surface area contributed by atoms with Gasteiger partial charge in [-0.2, -0.15) is 11.8 Å². The molecular weight excluding hydrogens is 262 g/mol. The van der Waals surface area contributed by atoms with Crippen LogP contribution < -0.4 is 16.4 Å². The second-order valence-electron chi connectivity index (χ2n) is 3.44. The minimum atomic E-state index is -0.315. The zero-order valence-electron chi connectivity index (χ0n) is 10.3. The Morgan fingerprint density at radius 3 is 2.53 bits per heavy atom. The summed E-state index contributed by atoms with van der Waals surface area (Å²) in [6, 6.07) is 0.140. The second kappa shape index (κ2) is 12.0. The normalized spacial score (nSPS) is 11.2. The number of carbonyl (C=O) groups is 2. The van der Waals surface area contributed by atoms with Gasteiger partial charge < -0.3 is 16.4 Å². The molecule has 102 valence electrons. The second-order valence-corrected chi connectivity index (χ2v) is 4.83. The minimum Gasteiger partial charge on any atom is -0.352 e. The van der Waals surface area contributed by atoms with Crippen LogP contribution in [0.1, 0.15) is 20.3 Å². The van der Waals surface area contributed by atoms with Gasteiger partial charge in [0.05, 0.1) is 13.1 Å². The highest BCUT2D eigenvalue weighted by Gasteiger charge is 2.07. The van der Waals surface area contributed by atoms with E-state index in [9.17, 15) is 9.59 Å². The van der Waals surface area contributed by atoms with Crippen molar-refractivity contribution in [1.82, 2.24) is 10.6 Å². The van der Waals surface area contributed by atoms with Crippen molar-refractivity contribution in [1.29, 1.82) is 0 Å². The van der Waals surface area contributed by atoms with Crippen molar-refractivity contribution in [3.63, 3.8) is 0 Å². The van der Waals surface area contributed by atoms with Crippen LogP contribution in [-0.4, -0.2) is 42.5 Å². The average molecular weight is 284 g/mol. The molecule has 17 heavy (non-hydrogen) atoms. The number of thioether (sulfide) groups is 1. The zero-order valence-corrected chi connectivity index (χ0v) is 12.0. The molecule has 5 nitrogen and oxygen atoms in total. The van der Waals surface area contributed by atoms with Crippen LogP contribution in [0.5, 0.6) is 0 Å². The number of hydrogen-bond acceptors (Lipinski definition) is 4. The smallest absolute Gasteiger partial charge is 0.239 e. The Kier molecular flexibility index (Phi) is 13.3. The molecule has 2 amide bonds. The first-order valence-corrected chi connectivity index (χ1v) is 6.59. The van der Waals surface area contributed by atoms with Crippen molar-refractivity contribution in [2.24, 2.45) is 5.73 Å². The fraction of sp³-hybridized carbons (Fsp3) is 0.800. The van der Waals surface area contributed by atoms with E-state index in [0.717, 1.165) is 17.9 Å². The fourth-order valence-corrected chi connectivity index (χ4v) is 1.86. The average Bonchev–Trinajstić information content (AvgIpc) is 2.26. The van der Waals surface area contributed by atoms with E-state index in [1.807, 2.05) is 18.7 Å². The molecule has 0 bridgehead atoms. The number of nitrogens with one attached hydrogen (secondary N) is 2. The molecule has 0 rings (SSSR count). The topological polar surface area (TPSA) is 84.2 Å². The SMILES string of the molecule is CCSCCC(C)NC(=O)CNC(=O)CN.Cl.